The molecule has 10 heavy (non-hydrogen) atoms. The van der Waals surface area contributed by atoms with Crippen LogP contribution < -0.4 is 5.32 Å². The van der Waals surface area contributed by atoms with Gasteiger partial charge in [-0.3, -0.25) is 0 Å². The first-order valence-electron chi connectivity index (χ1n) is 4.24. The van der Waals surface area contributed by atoms with Gasteiger partial charge in [0.1, 0.15) is 0 Å². The highest BCUT2D eigenvalue weighted by molar-refractivity contribution is 4.99. The minimum Gasteiger partial charge on any atom is -0.311 e. The maximum absolute atomic E-state index is 3.55. The molecule has 0 amide bonds. The number of likely N-dealkylation sites (tertiary alicyclic amines) is 1. The molecule has 1 N–H and O–H groups in total. The van der Waals surface area contributed by atoms with Gasteiger partial charge in [0.15, 0.2) is 0 Å². The van der Waals surface area contributed by atoms with Gasteiger partial charge in [-0.2, -0.15) is 0 Å². The summed E-state index contributed by atoms with van der Waals surface area (Å²) < 4.78 is 0. The standard InChI is InChI=1S/C8H16N2.H2/c1-10-6-3-8(4-7-10)2-5-9-8;/h9H,2-7H2,1H3;1H. The second-order valence-corrected chi connectivity index (χ2v) is 3.76. The molecule has 2 rings (SSSR count). The fourth-order valence-electron chi connectivity index (χ4n) is 1.95. The van der Waals surface area contributed by atoms with E-state index in [0.29, 0.717) is 5.54 Å². The summed E-state index contributed by atoms with van der Waals surface area (Å²) in [6, 6.07) is 0. The first-order chi connectivity index (χ1) is 4.81. The Morgan fingerprint density at radius 1 is 1.30 bits per heavy atom. The predicted octanol–water partition coefficient (Wildman–Crippen LogP) is 0.690. The van der Waals surface area contributed by atoms with Gasteiger partial charge in [0.2, 0.25) is 0 Å². The molecule has 2 heterocycles. The first-order valence-corrected chi connectivity index (χ1v) is 4.24. The van der Waals surface area contributed by atoms with E-state index in [9.17, 15) is 0 Å². The zero-order chi connectivity index (χ0) is 7.03. The Hall–Kier alpha value is -0.0800. The lowest BCUT2D eigenvalue weighted by Crippen LogP contribution is -2.61. The van der Waals surface area contributed by atoms with Gasteiger partial charge in [-0.25, -0.2) is 0 Å². The van der Waals surface area contributed by atoms with Crippen LogP contribution in [0.3, 0.4) is 0 Å². The lowest BCUT2D eigenvalue weighted by Gasteiger charge is -2.48. The summed E-state index contributed by atoms with van der Waals surface area (Å²) in [6.07, 6.45) is 4.15. The molecule has 0 aromatic heterocycles. The number of piperidine rings is 1. The Balaban J connectivity index is 0.000000605. The largest absolute Gasteiger partial charge is 0.311 e. The minimum atomic E-state index is 0. The lowest BCUT2D eigenvalue weighted by atomic mass is 9.79. The van der Waals surface area contributed by atoms with Crippen LogP contribution in [0, 0.1) is 0 Å². The van der Waals surface area contributed by atoms with Crippen LogP contribution in [0.1, 0.15) is 20.7 Å². The van der Waals surface area contributed by atoms with Crippen LogP contribution in [0.5, 0.6) is 0 Å². The molecule has 60 valence electrons. The Morgan fingerprint density at radius 2 is 1.90 bits per heavy atom. The molecule has 0 bridgehead atoms. The molecule has 2 nitrogen and oxygen atoms in total. The van der Waals surface area contributed by atoms with E-state index in [1.807, 2.05) is 0 Å². The normalized spacial score (nSPS) is 32.1. The van der Waals surface area contributed by atoms with E-state index in [0.717, 1.165) is 0 Å². The topological polar surface area (TPSA) is 15.3 Å². The molecule has 0 saturated carbocycles. The van der Waals surface area contributed by atoms with Gasteiger partial charge in [-0.05, 0) is 45.9 Å². The van der Waals surface area contributed by atoms with Gasteiger partial charge in [-0.1, -0.05) is 0 Å². The predicted molar refractivity (Wildman–Crippen MR) is 44.2 cm³/mol. The molecule has 0 aromatic rings. The molecular formula is C8H18N2. The van der Waals surface area contributed by atoms with Crippen LogP contribution in [0.25, 0.3) is 0 Å². The van der Waals surface area contributed by atoms with Crippen molar-refractivity contribution in [3.8, 4) is 0 Å². The maximum Gasteiger partial charge on any atom is 0.0217 e. The van der Waals surface area contributed by atoms with Gasteiger partial charge in [-0.15, -0.1) is 0 Å². The minimum absolute atomic E-state index is 0. The highest BCUT2D eigenvalue weighted by atomic mass is 15.1. The van der Waals surface area contributed by atoms with E-state index in [1.54, 1.807) is 0 Å². The second kappa shape index (κ2) is 2.21. The number of hydrogen-bond acceptors (Lipinski definition) is 2. The van der Waals surface area contributed by atoms with Gasteiger partial charge in [0.25, 0.3) is 0 Å². The van der Waals surface area contributed by atoms with Crippen LogP contribution >= 0.6 is 0 Å². The molecule has 1 spiro atoms. The summed E-state index contributed by atoms with van der Waals surface area (Å²) in [5, 5.41) is 3.55. The summed E-state index contributed by atoms with van der Waals surface area (Å²) in [5.74, 6) is 0. The zero-order valence-corrected chi connectivity index (χ0v) is 6.69. The smallest absolute Gasteiger partial charge is 0.0217 e. The van der Waals surface area contributed by atoms with E-state index < -0.39 is 0 Å². The maximum atomic E-state index is 3.55. The lowest BCUT2D eigenvalue weighted by molar-refractivity contribution is 0.0990. The van der Waals surface area contributed by atoms with Gasteiger partial charge >= 0.3 is 0 Å². The van der Waals surface area contributed by atoms with Gasteiger partial charge in [0.05, 0.1) is 0 Å². The molecule has 0 atom stereocenters. The van der Waals surface area contributed by atoms with Crippen molar-refractivity contribution in [3.05, 3.63) is 0 Å². The monoisotopic (exact) mass is 142 g/mol. The Morgan fingerprint density at radius 3 is 2.30 bits per heavy atom. The van der Waals surface area contributed by atoms with E-state index in [2.05, 4.69) is 17.3 Å². The van der Waals surface area contributed by atoms with Crippen LogP contribution in [0.2, 0.25) is 0 Å². The fraction of sp³-hybridized carbons (Fsp3) is 1.00. The first kappa shape index (κ1) is 6.62. The molecule has 0 aliphatic carbocycles. The summed E-state index contributed by atoms with van der Waals surface area (Å²) >= 11 is 0. The Bertz CT molecular complexity index is 124. The van der Waals surface area contributed by atoms with E-state index >= 15 is 0 Å². The number of nitrogens with one attached hydrogen (secondary N) is 1. The van der Waals surface area contributed by atoms with Crippen molar-refractivity contribution in [2.45, 2.75) is 24.8 Å². The van der Waals surface area contributed by atoms with Crippen molar-refractivity contribution in [2.75, 3.05) is 26.7 Å². The van der Waals surface area contributed by atoms with Crippen molar-refractivity contribution in [3.63, 3.8) is 0 Å². The third-order valence-corrected chi connectivity index (χ3v) is 3.05. The van der Waals surface area contributed by atoms with E-state index in [-0.39, 0.29) is 1.43 Å². The van der Waals surface area contributed by atoms with Crippen LogP contribution in [-0.4, -0.2) is 37.1 Å². The number of rotatable bonds is 0. The van der Waals surface area contributed by atoms with Gasteiger partial charge in [0, 0.05) is 6.97 Å². The van der Waals surface area contributed by atoms with Crippen LogP contribution in [0.4, 0.5) is 0 Å². The molecule has 2 heteroatoms. The summed E-state index contributed by atoms with van der Waals surface area (Å²) in [4.78, 5) is 2.42. The summed E-state index contributed by atoms with van der Waals surface area (Å²) in [7, 11) is 2.21. The molecule has 2 aliphatic heterocycles. The third kappa shape index (κ3) is 0.956. The average molecular weight is 142 g/mol. The molecule has 0 radical (unpaired) electrons. The molecule has 0 aromatic carbocycles. The van der Waals surface area contributed by atoms with Crippen LogP contribution in [0.15, 0.2) is 0 Å². The second-order valence-electron chi connectivity index (χ2n) is 3.76. The van der Waals surface area contributed by atoms with Crippen LogP contribution in [-0.2, 0) is 0 Å². The zero-order valence-electron chi connectivity index (χ0n) is 6.69. The molecule has 0 unspecified atom stereocenters. The average Bonchev–Trinajstić information content (AvgIpc) is 1.86. The summed E-state index contributed by atoms with van der Waals surface area (Å²) in [6.45, 7) is 3.82. The quantitative estimate of drug-likeness (QED) is 0.535. The van der Waals surface area contributed by atoms with Gasteiger partial charge < -0.3 is 10.2 Å². The molecule has 2 fully saturated rings. The molecular weight excluding hydrogens is 124 g/mol. The van der Waals surface area contributed by atoms with E-state index in [1.165, 1.54) is 38.9 Å². The number of hydrogen-bond donors (Lipinski definition) is 1. The van der Waals surface area contributed by atoms with Crippen molar-refractivity contribution in [1.82, 2.24) is 10.2 Å². The van der Waals surface area contributed by atoms with Crippen molar-refractivity contribution >= 4 is 0 Å². The van der Waals surface area contributed by atoms with Crippen molar-refractivity contribution in [1.29, 1.82) is 0 Å². The number of nitrogens with zero attached hydrogens (tertiary/aromatic N) is 1. The fourth-order valence-corrected chi connectivity index (χ4v) is 1.95. The van der Waals surface area contributed by atoms with Crippen molar-refractivity contribution in [2.24, 2.45) is 0 Å². The molecule has 2 aliphatic rings. The highest BCUT2D eigenvalue weighted by Crippen LogP contribution is 2.30. The third-order valence-electron chi connectivity index (χ3n) is 3.05. The molecule has 2 saturated heterocycles. The highest BCUT2D eigenvalue weighted by Gasteiger charge is 2.38. The Labute approximate surface area is 64.1 Å². The SMILES string of the molecule is CN1CCC2(CCN2)CC1.[HH]. The van der Waals surface area contributed by atoms with Crippen molar-refractivity contribution < 1.29 is 1.43 Å². The Kier molecular flexibility index (Phi) is 1.46. The summed E-state index contributed by atoms with van der Waals surface area (Å²) in [5.41, 5.74) is 0.590. The van der Waals surface area contributed by atoms with E-state index in [4.69, 9.17) is 0 Å².